The third-order valence-corrected chi connectivity index (χ3v) is 1.85. The van der Waals surface area contributed by atoms with Gasteiger partial charge in [-0.1, -0.05) is 0 Å². The van der Waals surface area contributed by atoms with Crippen LogP contribution >= 0.6 is 0 Å². The summed E-state index contributed by atoms with van der Waals surface area (Å²) in [5, 5.41) is 11.8. The number of amides is 1. The summed E-state index contributed by atoms with van der Waals surface area (Å²) in [5.74, 6) is -2.51. The number of benzene rings is 1. The highest BCUT2D eigenvalue weighted by Crippen LogP contribution is 2.17. The van der Waals surface area contributed by atoms with E-state index in [1.807, 2.05) is 0 Å². The van der Waals surface area contributed by atoms with E-state index in [-0.39, 0.29) is 0 Å². The van der Waals surface area contributed by atoms with E-state index in [4.69, 9.17) is 0 Å². The molecular formula is C9H6F4N2O3. The second kappa shape index (κ2) is 4.98. The van der Waals surface area contributed by atoms with Crippen molar-refractivity contribution < 1.29 is 27.3 Å². The summed E-state index contributed by atoms with van der Waals surface area (Å²) in [6.45, 7) is -1.64. The molecule has 0 aromatic heterocycles. The lowest BCUT2D eigenvalue weighted by Crippen LogP contribution is -2.34. The number of alkyl halides is 3. The molecule has 5 nitrogen and oxygen atoms in total. The molecule has 0 fully saturated rings. The Bertz CT molecular complexity index is 487. The number of nitro groups is 1. The molecule has 0 aliphatic carbocycles. The van der Waals surface area contributed by atoms with Crippen LogP contribution in [-0.2, 0) is 0 Å². The Morgan fingerprint density at radius 1 is 1.39 bits per heavy atom. The van der Waals surface area contributed by atoms with Gasteiger partial charge in [0.05, 0.1) is 10.5 Å². The zero-order valence-corrected chi connectivity index (χ0v) is 8.62. The summed E-state index contributed by atoms with van der Waals surface area (Å²) in [7, 11) is 0. The highest BCUT2D eigenvalue weighted by Gasteiger charge is 2.28. The maximum atomic E-state index is 13.1. The third kappa shape index (κ3) is 3.68. The van der Waals surface area contributed by atoms with Crippen molar-refractivity contribution in [2.75, 3.05) is 6.54 Å². The highest BCUT2D eigenvalue weighted by molar-refractivity contribution is 5.95. The predicted octanol–water partition coefficient (Wildman–Crippen LogP) is 2.03. The standard InChI is InChI=1S/C9H6F4N2O3/c10-7-2-1-5(15(17)18)3-6(7)8(16)14-4-9(11,12)13/h1-3H,4H2,(H,14,16). The lowest BCUT2D eigenvalue weighted by atomic mass is 10.1. The minimum absolute atomic E-state index is 0.570. The Balaban J connectivity index is 2.91. The fourth-order valence-electron chi connectivity index (χ4n) is 1.08. The maximum absolute atomic E-state index is 13.1. The summed E-state index contributed by atoms with van der Waals surface area (Å²) in [4.78, 5) is 20.7. The van der Waals surface area contributed by atoms with Gasteiger partial charge < -0.3 is 5.32 Å². The summed E-state index contributed by atoms with van der Waals surface area (Å²) in [5.41, 5.74) is -1.40. The summed E-state index contributed by atoms with van der Waals surface area (Å²) in [6.07, 6.45) is -4.65. The molecule has 0 bridgehead atoms. The van der Waals surface area contributed by atoms with Crippen LogP contribution in [0.15, 0.2) is 18.2 Å². The van der Waals surface area contributed by atoms with Crippen LogP contribution in [0.2, 0.25) is 0 Å². The van der Waals surface area contributed by atoms with Crippen LogP contribution in [0.25, 0.3) is 0 Å². The zero-order valence-electron chi connectivity index (χ0n) is 8.62. The van der Waals surface area contributed by atoms with Crippen molar-refractivity contribution in [1.82, 2.24) is 5.32 Å². The monoisotopic (exact) mass is 266 g/mol. The molecule has 0 heterocycles. The van der Waals surface area contributed by atoms with Crippen molar-refractivity contribution in [2.24, 2.45) is 0 Å². The first-order chi connectivity index (χ1) is 8.20. The van der Waals surface area contributed by atoms with Crippen molar-refractivity contribution in [3.05, 3.63) is 39.7 Å². The zero-order chi connectivity index (χ0) is 13.9. The predicted molar refractivity (Wildman–Crippen MR) is 51.4 cm³/mol. The van der Waals surface area contributed by atoms with E-state index >= 15 is 0 Å². The molecule has 98 valence electrons. The molecule has 0 radical (unpaired) electrons. The van der Waals surface area contributed by atoms with Gasteiger partial charge in [-0.2, -0.15) is 13.2 Å². The number of carbonyl (C=O) groups is 1. The maximum Gasteiger partial charge on any atom is 0.405 e. The molecule has 0 aliphatic heterocycles. The summed E-state index contributed by atoms with van der Waals surface area (Å²) >= 11 is 0. The largest absolute Gasteiger partial charge is 0.405 e. The molecule has 0 saturated carbocycles. The Morgan fingerprint density at radius 2 is 2.00 bits per heavy atom. The molecule has 1 aromatic carbocycles. The highest BCUT2D eigenvalue weighted by atomic mass is 19.4. The van der Waals surface area contributed by atoms with Crippen molar-refractivity contribution >= 4 is 11.6 Å². The van der Waals surface area contributed by atoms with Gasteiger partial charge in [0.1, 0.15) is 12.4 Å². The van der Waals surface area contributed by atoms with Crippen molar-refractivity contribution in [1.29, 1.82) is 0 Å². The van der Waals surface area contributed by atoms with Gasteiger partial charge in [0.2, 0.25) is 0 Å². The molecule has 18 heavy (non-hydrogen) atoms. The SMILES string of the molecule is O=C(NCC(F)(F)F)c1cc([N+](=O)[O-])ccc1F. The van der Waals surface area contributed by atoms with E-state index in [9.17, 15) is 32.5 Å². The van der Waals surface area contributed by atoms with E-state index in [2.05, 4.69) is 0 Å². The molecule has 0 unspecified atom stereocenters. The molecule has 0 atom stereocenters. The molecule has 0 aliphatic rings. The van der Waals surface area contributed by atoms with Crippen molar-refractivity contribution in [3.8, 4) is 0 Å². The molecule has 0 saturated heterocycles. The number of carbonyl (C=O) groups excluding carboxylic acids is 1. The van der Waals surface area contributed by atoms with Gasteiger partial charge >= 0.3 is 6.18 Å². The van der Waals surface area contributed by atoms with E-state index in [0.717, 1.165) is 6.07 Å². The van der Waals surface area contributed by atoms with Gasteiger partial charge in [0.25, 0.3) is 11.6 Å². The van der Waals surface area contributed by atoms with Gasteiger partial charge in [-0.3, -0.25) is 14.9 Å². The van der Waals surface area contributed by atoms with E-state index in [0.29, 0.717) is 12.1 Å². The molecule has 1 aromatic rings. The number of non-ortho nitro benzene ring substituents is 1. The first kappa shape index (κ1) is 13.9. The lowest BCUT2D eigenvalue weighted by molar-refractivity contribution is -0.384. The minimum atomic E-state index is -4.65. The molecule has 9 heteroatoms. The molecule has 1 amide bonds. The van der Waals surface area contributed by atoms with E-state index in [1.165, 1.54) is 5.32 Å². The van der Waals surface area contributed by atoms with Gasteiger partial charge in [-0.05, 0) is 6.07 Å². The van der Waals surface area contributed by atoms with Gasteiger partial charge in [0.15, 0.2) is 0 Å². The first-order valence-electron chi connectivity index (χ1n) is 4.49. The molecule has 0 spiro atoms. The van der Waals surface area contributed by atoms with E-state index in [1.54, 1.807) is 0 Å². The second-order valence-corrected chi connectivity index (χ2v) is 3.22. The third-order valence-electron chi connectivity index (χ3n) is 1.85. The van der Waals surface area contributed by atoms with Gasteiger partial charge in [0, 0.05) is 12.1 Å². The van der Waals surface area contributed by atoms with Crippen LogP contribution in [-0.4, -0.2) is 23.6 Å². The Kier molecular flexibility index (Phi) is 3.84. The average molecular weight is 266 g/mol. The number of hydrogen-bond acceptors (Lipinski definition) is 3. The van der Waals surface area contributed by atoms with Gasteiger partial charge in [-0.15, -0.1) is 0 Å². The fourth-order valence-corrected chi connectivity index (χ4v) is 1.08. The number of rotatable bonds is 3. The molecule has 1 N–H and O–H groups in total. The van der Waals surface area contributed by atoms with Crippen LogP contribution in [0, 0.1) is 15.9 Å². The normalized spacial score (nSPS) is 11.1. The topological polar surface area (TPSA) is 72.2 Å². The van der Waals surface area contributed by atoms with E-state index < -0.39 is 40.6 Å². The molecular weight excluding hydrogens is 260 g/mol. The Morgan fingerprint density at radius 3 is 2.50 bits per heavy atom. The Labute approximate surface area is 97.6 Å². The smallest absolute Gasteiger partial charge is 0.343 e. The Hall–Kier alpha value is -2.19. The van der Waals surface area contributed by atoms with Crippen LogP contribution in [0.3, 0.4) is 0 Å². The summed E-state index contributed by atoms with van der Waals surface area (Å²) in [6, 6.07) is 2.01. The fraction of sp³-hybridized carbons (Fsp3) is 0.222. The van der Waals surface area contributed by atoms with Crippen molar-refractivity contribution in [2.45, 2.75) is 6.18 Å². The second-order valence-electron chi connectivity index (χ2n) is 3.22. The number of nitrogens with one attached hydrogen (secondary N) is 1. The molecule has 1 rings (SSSR count). The van der Waals surface area contributed by atoms with Crippen LogP contribution in [0.5, 0.6) is 0 Å². The number of hydrogen-bond donors (Lipinski definition) is 1. The summed E-state index contributed by atoms with van der Waals surface area (Å²) < 4.78 is 48.6. The minimum Gasteiger partial charge on any atom is -0.343 e. The number of nitrogens with zero attached hydrogens (tertiary/aromatic N) is 1. The van der Waals surface area contributed by atoms with Crippen molar-refractivity contribution in [3.63, 3.8) is 0 Å². The van der Waals surface area contributed by atoms with Crippen LogP contribution in [0.1, 0.15) is 10.4 Å². The lowest BCUT2D eigenvalue weighted by Gasteiger charge is -2.08. The van der Waals surface area contributed by atoms with Gasteiger partial charge in [-0.25, -0.2) is 4.39 Å². The number of halogens is 4. The first-order valence-corrected chi connectivity index (χ1v) is 4.49. The van der Waals surface area contributed by atoms with Crippen LogP contribution in [0.4, 0.5) is 23.2 Å². The average Bonchev–Trinajstić information content (AvgIpc) is 2.25. The van der Waals surface area contributed by atoms with Crippen LogP contribution < -0.4 is 5.32 Å². The quantitative estimate of drug-likeness (QED) is 0.517. The number of nitro benzene ring substituents is 1.